The summed E-state index contributed by atoms with van der Waals surface area (Å²) in [4.78, 5) is 33.6. The molecule has 0 atom stereocenters. The number of carbonyl (C=O) groups is 2. The van der Waals surface area contributed by atoms with Crippen LogP contribution < -0.4 is 14.8 Å². The van der Waals surface area contributed by atoms with Gasteiger partial charge in [0.25, 0.3) is 5.91 Å². The van der Waals surface area contributed by atoms with Gasteiger partial charge in [-0.1, -0.05) is 6.07 Å². The number of hydrogen-bond donors (Lipinski definition) is 1. The molecular formula is C16H14N2O6. The molecule has 0 aliphatic carbocycles. The van der Waals surface area contributed by atoms with E-state index < -0.39 is 16.8 Å². The Balaban J connectivity index is 2.22. The molecule has 0 radical (unpaired) electrons. The lowest BCUT2D eigenvalue weighted by atomic mass is 10.1. The van der Waals surface area contributed by atoms with Gasteiger partial charge in [-0.05, 0) is 24.3 Å². The molecule has 0 heterocycles. The number of anilines is 1. The van der Waals surface area contributed by atoms with E-state index in [0.29, 0.717) is 5.69 Å². The summed E-state index contributed by atoms with van der Waals surface area (Å²) in [5, 5.41) is 13.6. The molecule has 2 aromatic carbocycles. The molecule has 24 heavy (non-hydrogen) atoms. The second-order valence-electron chi connectivity index (χ2n) is 4.72. The molecule has 2 rings (SSSR count). The molecule has 124 valence electrons. The van der Waals surface area contributed by atoms with Crippen LogP contribution in [0.4, 0.5) is 11.4 Å². The Hall–Kier alpha value is -3.42. The lowest BCUT2D eigenvalue weighted by Gasteiger charge is -2.08. The van der Waals surface area contributed by atoms with Crippen molar-refractivity contribution in [1.29, 1.82) is 0 Å². The van der Waals surface area contributed by atoms with Crippen LogP contribution in [0.25, 0.3) is 0 Å². The third-order valence-corrected chi connectivity index (χ3v) is 2.99. The van der Waals surface area contributed by atoms with Gasteiger partial charge in [0.1, 0.15) is 5.75 Å². The summed E-state index contributed by atoms with van der Waals surface area (Å²) in [6.07, 6.45) is 0. The number of carbonyl (C=O) groups excluding carboxylic acids is 2. The number of amides is 1. The predicted octanol–water partition coefficient (Wildman–Crippen LogP) is 2.78. The monoisotopic (exact) mass is 330 g/mol. The summed E-state index contributed by atoms with van der Waals surface area (Å²) in [6.45, 7) is 1.27. The SMILES string of the molecule is COc1ccc(C(=O)Nc2cccc(OC(C)=O)c2)cc1[N+](=O)[O-]. The molecule has 1 N–H and O–H groups in total. The van der Waals surface area contributed by atoms with Crippen LogP contribution >= 0.6 is 0 Å². The summed E-state index contributed by atoms with van der Waals surface area (Å²) >= 11 is 0. The Bertz CT molecular complexity index is 803. The molecule has 0 aliphatic rings. The number of nitrogens with zero attached hydrogens (tertiary/aromatic N) is 1. The fourth-order valence-electron chi connectivity index (χ4n) is 1.98. The molecule has 0 fully saturated rings. The lowest BCUT2D eigenvalue weighted by Crippen LogP contribution is -2.12. The van der Waals surface area contributed by atoms with Gasteiger partial charge in [0, 0.05) is 30.3 Å². The van der Waals surface area contributed by atoms with E-state index in [1.165, 1.54) is 32.2 Å². The van der Waals surface area contributed by atoms with E-state index in [1.807, 2.05) is 0 Å². The van der Waals surface area contributed by atoms with Gasteiger partial charge in [-0.25, -0.2) is 0 Å². The number of benzene rings is 2. The molecule has 2 aromatic rings. The van der Waals surface area contributed by atoms with E-state index in [4.69, 9.17) is 9.47 Å². The standard InChI is InChI=1S/C16H14N2O6/c1-10(19)24-13-5-3-4-12(9-13)17-16(20)11-6-7-15(23-2)14(8-11)18(21)22/h3-9H,1-2H3,(H,17,20). The highest BCUT2D eigenvalue weighted by Gasteiger charge is 2.18. The van der Waals surface area contributed by atoms with E-state index in [1.54, 1.807) is 18.2 Å². The topological polar surface area (TPSA) is 108 Å². The molecule has 0 aliphatic heterocycles. The van der Waals surface area contributed by atoms with Gasteiger partial charge in [0.2, 0.25) is 0 Å². The highest BCUT2D eigenvalue weighted by atomic mass is 16.6. The fourth-order valence-corrected chi connectivity index (χ4v) is 1.98. The number of nitro benzene ring substituents is 1. The zero-order chi connectivity index (χ0) is 17.7. The maximum Gasteiger partial charge on any atom is 0.311 e. The Kier molecular flexibility index (Phi) is 5.10. The van der Waals surface area contributed by atoms with E-state index in [9.17, 15) is 19.7 Å². The van der Waals surface area contributed by atoms with Crippen molar-refractivity contribution < 1.29 is 24.0 Å². The Morgan fingerprint density at radius 1 is 1.17 bits per heavy atom. The largest absolute Gasteiger partial charge is 0.490 e. The van der Waals surface area contributed by atoms with Crippen LogP contribution in [0.15, 0.2) is 42.5 Å². The predicted molar refractivity (Wildman–Crippen MR) is 85.4 cm³/mol. The van der Waals surface area contributed by atoms with Crippen LogP contribution in [-0.2, 0) is 4.79 Å². The second-order valence-corrected chi connectivity index (χ2v) is 4.72. The van der Waals surface area contributed by atoms with Crippen molar-refractivity contribution in [3.63, 3.8) is 0 Å². The van der Waals surface area contributed by atoms with Gasteiger partial charge in [-0.15, -0.1) is 0 Å². The molecular weight excluding hydrogens is 316 g/mol. The summed E-state index contributed by atoms with van der Waals surface area (Å²) in [5.41, 5.74) is 0.177. The smallest absolute Gasteiger partial charge is 0.311 e. The lowest BCUT2D eigenvalue weighted by molar-refractivity contribution is -0.385. The van der Waals surface area contributed by atoms with E-state index in [0.717, 1.165) is 6.07 Å². The summed E-state index contributed by atoms with van der Waals surface area (Å²) in [5.74, 6) is -0.681. The number of hydrogen-bond acceptors (Lipinski definition) is 6. The second kappa shape index (κ2) is 7.23. The molecule has 1 amide bonds. The average molecular weight is 330 g/mol. The highest BCUT2D eigenvalue weighted by Crippen LogP contribution is 2.28. The first kappa shape index (κ1) is 16.9. The first-order valence-corrected chi connectivity index (χ1v) is 6.83. The number of ether oxygens (including phenoxy) is 2. The number of esters is 1. The van der Waals surface area contributed by atoms with Crippen molar-refractivity contribution >= 4 is 23.3 Å². The van der Waals surface area contributed by atoms with Crippen LogP contribution in [0.3, 0.4) is 0 Å². The Morgan fingerprint density at radius 3 is 2.54 bits per heavy atom. The van der Waals surface area contributed by atoms with E-state index >= 15 is 0 Å². The van der Waals surface area contributed by atoms with Crippen LogP contribution in [-0.4, -0.2) is 23.9 Å². The molecule has 0 saturated heterocycles. The molecule has 8 nitrogen and oxygen atoms in total. The molecule has 0 bridgehead atoms. The van der Waals surface area contributed by atoms with Crippen LogP contribution in [0.5, 0.6) is 11.5 Å². The normalized spacial score (nSPS) is 9.92. The molecule has 8 heteroatoms. The number of methoxy groups -OCH3 is 1. The zero-order valence-electron chi connectivity index (χ0n) is 12.9. The van der Waals surface area contributed by atoms with E-state index in [-0.39, 0.29) is 22.7 Å². The van der Waals surface area contributed by atoms with Gasteiger partial charge < -0.3 is 14.8 Å². The first-order chi connectivity index (χ1) is 11.4. The van der Waals surface area contributed by atoms with Crippen molar-refractivity contribution in [1.82, 2.24) is 0 Å². The first-order valence-electron chi connectivity index (χ1n) is 6.83. The fraction of sp³-hybridized carbons (Fsp3) is 0.125. The summed E-state index contributed by atoms with van der Waals surface area (Å²) in [7, 11) is 1.31. The summed E-state index contributed by atoms with van der Waals surface area (Å²) in [6, 6.07) is 10.1. The van der Waals surface area contributed by atoms with Crippen LogP contribution in [0.1, 0.15) is 17.3 Å². The third kappa shape index (κ3) is 4.07. The maximum atomic E-state index is 12.2. The number of nitro groups is 1. The molecule has 0 saturated carbocycles. The van der Waals surface area contributed by atoms with Crippen LogP contribution in [0, 0.1) is 10.1 Å². The van der Waals surface area contributed by atoms with Gasteiger partial charge in [-0.3, -0.25) is 19.7 Å². The minimum atomic E-state index is -0.628. The average Bonchev–Trinajstić information content (AvgIpc) is 2.53. The summed E-state index contributed by atoms with van der Waals surface area (Å²) < 4.78 is 9.82. The molecule has 0 unspecified atom stereocenters. The quantitative estimate of drug-likeness (QED) is 0.391. The van der Waals surface area contributed by atoms with Gasteiger partial charge in [0.05, 0.1) is 12.0 Å². The van der Waals surface area contributed by atoms with Gasteiger partial charge in [0.15, 0.2) is 5.75 Å². The third-order valence-electron chi connectivity index (χ3n) is 2.99. The minimum absolute atomic E-state index is 0.0633. The van der Waals surface area contributed by atoms with Crippen molar-refractivity contribution in [2.24, 2.45) is 0 Å². The maximum absolute atomic E-state index is 12.2. The van der Waals surface area contributed by atoms with Crippen LogP contribution in [0.2, 0.25) is 0 Å². The number of nitrogens with one attached hydrogen (secondary N) is 1. The molecule has 0 aromatic heterocycles. The minimum Gasteiger partial charge on any atom is -0.490 e. The highest BCUT2D eigenvalue weighted by molar-refractivity contribution is 6.05. The zero-order valence-corrected chi connectivity index (χ0v) is 12.9. The molecule has 0 spiro atoms. The van der Waals surface area contributed by atoms with E-state index in [2.05, 4.69) is 5.32 Å². The van der Waals surface area contributed by atoms with Crippen molar-refractivity contribution in [3.8, 4) is 11.5 Å². The van der Waals surface area contributed by atoms with Crippen molar-refractivity contribution in [3.05, 3.63) is 58.1 Å². The Labute approximate surface area is 137 Å². The van der Waals surface area contributed by atoms with Gasteiger partial charge >= 0.3 is 11.7 Å². The number of rotatable bonds is 5. The van der Waals surface area contributed by atoms with Crippen molar-refractivity contribution in [2.75, 3.05) is 12.4 Å². The Morgan fingerprint density at radius 2 is 1.92 bits per heavy atom. The van der Waals surface area contributed by atoms with Crippen molar-refractivity contribution in [2.45, 2.75) is 6.92 Å². The van der Waals surface area contributed by atoms with Gasteiger partial charge in [-0.2, -0.15) is 0 Å².